The number of phenols is 1. The number of likely N-dealkylation sites (N-methyl/N-ethyl adjacent to an activating group) is 2. The number of ketones is 2. The minimum Gasteiger partial charge on any atom is -0.510 e. The number of hydrogen-bond donors (Lipinski definition) is 5. The van der Waals surface area contributed by atoms with Crippen molar-refractivity contribution in [3.63, 3.8) is 0 Å². The lowest BCUT2D eigenvalue weighted by Crippen LogP contribution is -2.63. The summed E-state index contributed by atoms with van der Waals surface area (Å²) < 4.78 is 0. The Morgan fingerprint density at radius 1 is 1.02 bits per heavy atom. The quantitative estimate of drug-likeness (QED) is 0.313. The second-order valence-corrected chi connectivity index (χ2v) is 12.6. The first-order chi connectivity index (χ1) is 21.3. The molecule has 6 N–H and O–H groups in total. The minimum atomic E-state index is -2.70. The van der Waals surface area contributed by atoms with Crippen LogP contribution in [0.2, 0.25) is 0 Å². The van der Waals surface area contributed by atoms with Crippen LogP contribution in [-0.4, -0.2) is 117 Å². The van der Waals surface area contributed by atoms with Gasteiger partial charge in [0.25, 0.3) is 11.8 Å². The summed E-state index contributed by atoms with van der Waals surface area (Å²) in [6.07, 6.45) is 0.137. The third-order valence-corrected chi connectivity index (χ3v) is 9.82. The fourth-order valence-electron chi connectivity index (χ4n) is 7.53. The van der Waals surface area contributed by atoms with Gasteiger partial charge in [-0.2, -0.15) is 0 Å². The number of aliphatic hydroxyl groups excluding tert-OH is 2. The average Bonchev–Trinajstić information content (AvgIpc) is 2.99. The van der Waals surface area contributed by atoms with Gasteiger partial charge in [-0.1, -0.05) is 18.2 Å². The van der Waals surface area contributed by atoms with E-state index in [0.29, 0.717) is 35.3 Å². The van der Waals surface area contributed by atoms with Crippen LogP contribution in [-0.2, 0) is 16.0 Å². The van der Waals surface area contributed by atoms with Gasteiger partial charge in [-0.3, -0.25) is 24.1 Å². The van der Waals surface area contributed by atoms with Crippen LogP contribution in [0.4, 0.5) is 0 Å². The molecule has 236 valence electrons. The number of fused-ring (bicyclic) bond motifs is 3. The molecule has 2 amide bonds. The number of nitrogens with zero attached hydrogens (tertiary/aromatic N) is 3. The molecule has 1 fully saturated rings. The zero-order valence-electron chi connectivity index (χ0n) is 25.3. The van der Waals surface area contributed by atoms with Crippen molar-refractivity contribution in [2.75, 3.05) is 47.3 Å². The molecule has 1 aliphatic heterocycles. The lowest BCUT2D eigenvalue weighted by atomic mass is 9.58. The Morgan fingerprint density at radius 2 is 1.71 bits per heavy atom. The van der Waals surface area contributed by atoms with Gasteiger partial charge in [0.05, 0.1) is 11.6 Å². The molecule has 1 saturated heterocycles. The van der Waals surface area contributed by atoms with E-state index < -0.39 is 58.0 Å². The Morgan fingerprint density at radius 3 is 2.36 bits per heavy atom. The zero-order valence-corrected chi connectivity index (χ0v) is 25.3. The summed E-state index contributed by atoms with van der Waals surface area (Å²) in [5, 5.41) is 45.2. The summed E-state index contributed by atoms with van der Waals surface area (Å²) in [6.45, 7) is 2.77. The molecule has 0 bridgehead atoms. The van der Waals surface area contributed by atoms with Crippen LogP contribution in [0.3, 0.4) is 0 Å². The average molecular weight is 617 g/mol. The third kappa shape index (κ3) is 4.54. The van der Waals surface area contributed by atoms with Crippen molar-refractivity contribution >= 4 is 23.4 Å². The van der Waals surface area contributed by atoms with Crippen LogP contribution in [0.15, 0.2) is 59.1 Å². The standard InChI is InChI=1S/C33H36N4O8/c1-35(2)26-21-15-18-14-20-19(16-5-4-6-17(13-16)32(44)37-11-9-36(3)10-12-37)7-8-22(38)24(20)27(39)23(18)29(41)33(21,45)30(42)25(28(26)40)31(34)43/h4-8,13,18,21,26,38,40-41,45H,9-12,14-15H2,1-3H3,(H2,34,43)/t18-,21-,26-,33-/m0/s1. The Labute approximate surface area is 259 Å². The van der Waals surface area contributed by atoms with Gasteiger partial charge < -0.3 is 36.0 Å². The van der Waals surface area contributed by atoms with Gasteiger partial charge in [-0.25, -0.2) is 0 Å². The number of rotatable bonds is 4. The molecular weight excluding hydrogens is 580 g/mol. The number of nitrogens with two attached hydrogens (primary N) is 1. The number of hydrogen-bond acceptors (Lipinski definition) is 10. The highest BCUT2D eigenvalue weighted by molar-refractivity contribution is 6.25. The van der Waals surface area contributed by atoms with Crippen molar-refractivity contribution in [3.05, 3.63) is 75.8 Å². The van der Waals surface area contributed by atoms with Crippen LogP contribution in [0, 0.1) is 11.8 Å². The largest absolute Gasteiger partial charge is 0.510 e. The van der Waals surface area contributed by atoms with Gasteiger partial charge in [-0.15, -0.1) is 0 Å². The maximum Gasteiger partial charge on any atom is 0.255 e. The van der Waals surface area contributed by atoms with E-state index in [1.54, 1.807) is 43.3 Å². The Kier molecular flexibility index (Phi) is 7.34. The number of primary amides is 1. The molecule has 3 aliphatic carbocycles. The number of Topliss-reactive ketones (excluding diaryl/α,β-unsaturated/α-hetero) is 2. The molecule has 12 nitrogen and oxygen atoms in total. The summed E-state index contributed by atoms with van der Waals surface area (Å²) in [7, 11) is 5.18. The fraction of sp³-hybridized carbons (Fsp3) is 0.394. The van der Waals surface area contributed by atoms with Crippen LogP contribution < -0.4 is 5.73 Å². The number of aromatic hydroxyl groups is 1. The SMILES string of the molecule is CN1CCN(C(=O)c2cccc(-c3ccc(O)c4c3C[C@H]3C[C@H]5[C@H](N(C)C)C(O)=C(C(N)=O)C(=O)[C@@]5(O)C(O)=C3C4=O)c2)CC1. The first-order valence-electron chi connectivity index (χ1n) is 14.8. The first kappa shape index (κ1) is 30.5. The van der Waals surface area contributed by atoms with Crippen molar-refractivity contribution < 1.29 is 39.6 Å². The first-order valence-corrected chi connectivity index (χ1v) is 14.8. The summed E-state index contributed by atoms with van der Waals surface area (Å²) in [6, 6.07) is 9.05. The van der Waals surface area contributed by atoms with E-state index in [1.165, 1.54) is 11.0 Å². The van der Waals surface area contributed by atoms with Gasteiger partial charge in [-0.05, 0) is 74.8 Å². The second kappa shape index (κ2) is 10.8. The number of piperazine rings is 1. The van der Waals surface area contributed by atoms with Gasteiger partial charge in [0.1, 0.15) is 22.8 Å². The number of aliphatic hydroxyl groups is 3. The Bertz CT molecular complexity index is 1720. The molecule has 4 aliphatic rings. The normalized spacial score (nSPS) is 27.0. The Hall–Kier alpha value is -4.52. The molecule has 4 atom stereocenters. The minimum absolute atomic E-state index is 0.0111. The van der Waals surface area contributed by atoms with Crippen molar-refractivity contribution in [1.29, 1.82) is 0 Å². The summed E-state index contributed by atoms with van der Waals surface area (Å²) in [5.74, 6) is -7.10. The molecule has 12 heteroatoms. The van der Waals surface area contributed by atoms with E-state index in [4.69, 9.17) is 5.73 Å². The van der Waals surface area contributed by atoms with Gasteiger partial charge in [0, 0.05) is 43.2 Å². The molecule has 6 rings (SSSR count). The maximum atomic E-state index is 14.1. The van der Waals surface area contributed by atoms with Gasteiger partial charge in [0.15, 0.2) is 11.4 Å². The summed E-state index contributed by atoms with van der Waals surface area (Å²) >= 11 is 0. The van der Waals surface area contributed by atoms with Crippen molar-refractivity contribution in [2.45, 2.75) is 24.5 Å². The van der Waals surface area contributed by atoms with E-state index >= 15 is 0 Å². The number of phenolic OH excluding ortho intramolecular Hbond substituents is 1. The smallest absolute Gasteiger partial charge is 0.255 e. The molecule has 2 aromatic carbocycles. The van der Waals surface area contributed by atoms with Crippen molar-refractivity contribution in [3.8, 4) is 16.9 Å². The topological polar surface area (TPSA) is 185 Å². The van der Waals surface area contributed by atoms with E-state index in [9.17, 15) is 39.6 Å². The molecule has 0 spiro atoms. The van der Waals surface area contributed by atoms with Gasteiger partial charge >= 0.3 is 0 Å². The van der Waals surface area contributed by atoms with Crippen LogP contribution in [0.5, 0.6) is 5.75 Å². The molecule has 0 aromatic heterocycles. The highest BCUT2D eigenvalue weighted by atomic mass is 16.3. The number of allylic oxidation sites excluding steroid dienone is 1. The molecule has 2 aromatic rings. The van der Waals surface area contributed by atoms with E-state index in [2.05, 4.69) is 4.90 Å². The van der Waals surface area contributed by atoms with Crippen molar-refractivity contribution in [2.24, 2.45) is 17.6 Å². The predicted octanol–water partition coefficient (Wildman–Crippen LogP) is 1.18. The maximum absolute atomic E-state index is 14.1. The number of benzene rings is 2. The lowest BCUT2D eigenvalue weighted by Gasteiger charge is -2.50. The monoisotopic (exact) mass is 616 g/mol. The van der Waals surface area contributed by atoms with Crippen LogP contribution in [0.1, 0.15) is 32.7 Å². The lowest BCUT2D eigenvalue weighted by molar-refractivity contribution is -0.148. The Balaban J connectivity index is 1.44. The highest BCUT2D eigenvalue weighted by Gasteiger charge is 2.63. The van der Waals surface area contributed by atoms with E-state index in [-0.39, 0.29) is 35.6 Å². The van der Waals surface area contributed by atoms with Gasteiger partial charge in [0.2, 0.25) is 5.78 Å². The molecule has 0 radical (unpaired) electrons. The summed E-state index contributed by atoms with van der Waals surface area (Å²) in [4.78, 5) is 58.6. The van der Waals surface area contributed by atoms with Crippen molar-refractivity contribution in [1.82, 2.24) is 14.7 Å². The second-order valence-electron chi connectivity index (χ2n) is 12.6. The molecule has 0 unspecified atom stereocenters. The van der Waals surface area contributed by atoms with E-state index in [1.807, 2.05) is 13.1 Å². The number of carbonyl (C=O) groups excluding carboxylic acids is 4. The van der Waals surface area contributed by atoms with E-state index in [0.717, 1.165) is 13.1 Å². The molecule has 0 saturated carbocycles. The number of carbonyl (C=O) groups is 4. The van der Waals surface area contributed by atoms with Crippen LogP contribution >= 0.6 is 0 Å². The fourth-order valence-corrected chi connectivity index (χ4v) is 7.53. The highest BCUT2D eigenvalue weighted by Crippen LogP contribution is 2.53. The van der Waals surface area contributed by atoms with Crippen LogP contribution in [0.25, 0.3) is 11.1 Å². The number of amides is 2. The third-order valence-electron chi connectivity index (χ3n) is 9.82. The molecular formula is C33H36N4O8. The predicted molar refractivity (Wildman–Crippen MR) is 163 cm³/mol. The molecule has 1 heterocycles. The molecule has 45 heavy (non-hydrogen) atoms. The zero-order chi connectivity index (χ0) is 32.5. The summed E-state index contributed by atoms with van der Waals surface area (Å²) in [5.41, 5.74) is 3.82.